The Morgan fingerprint density at radius 3 is 2.50 bits per heavy atom. The lowest BCUT2D eigenvalue weighted by Crippen LogP contribution is -2.28. The lowest BCUT2D eigenvalue weighted by atomic mass is 9.77. The van der Waals surface area contributed by atoms with E-state index in [1.165, 1.54) is 12.8 Å². The van der Waals surface area contributed by atoms with Crippen molar-refractivity contribution in [3.63, 3.8) is 0 Å². The van der Waals surface area contributed by atoms with Crippen LogP contribution in [0.2, 0.25) is 0 Å². The fourth-order valence-corrected chi connectivity index (χ4v) is 3.08. The molecule has 0 unspecified atom stereocenters. The standard InChI is InChI=1S/C15H15N3O2/c19-15(18-8-11-6-7-12(11)9-18)14-16-13(17-20-14)10-4-2-1-3-5-10/h1-5,11-12H,6-9H2/t11-,12+. The first kappa shape index (κ1) is 11.6. The van der Waals surface area contributed by atoms with Gasteiger partial charge in [-0.3, -0.25) is 4.79 Å². The quantitative estimate of drug-likeness (QED) is 0.838. The fraction of sp³-hybridized carbons (Fsp3) is 0.400. The summed E-state index contributed by atoms with van der Waals surface area (Å²) in [7, 11) is 0. The molecular formula is C15H15N3O2. The van der Waals surface area contributed by atoms with Crippen molar-refractivity contribution >= 4 is 5.91 Å². The number of amides is 1. The van der Waals surface area contributed by atoms with Gasteiger partial charge < -0.3 is 9.42 Å². The molecule has 1 aromatic heterocycles. The van der Waals surface area contributed by atoms with Crippen LogP contribution in [0, 0.1) is 11.8 Å². The smallest absolute Gasteiger partial charge is 0.316 e. The maximum absolute atomic E-state index is 12.3. The van der Waals surface area contributed by atoms with E-state index < -0.39 is 0 Å². The molecule has 5 heteroatoms. The van der Waals surface area contributed by atoms with E-state index in [1.807, 2.05) is 35.2 Å². The van der Waals surface area contributed by atoms with Crippen molar-refractivity contribution in [3.05, 3.63) is 36.2 Å². The molecule has 1 aromatic carbocycles. The number of benzene rings is 1. The van der Waals surface area contributed by atoms with Gasteiger partial charge in [-0.2, -0.15) is 4.98 Å². The monoisotopic (exact) mass is 269 g/mol. The summed E-state index contributed by atoms with van der Waals surface area (Å²) in [4.78, 5) is 18.4. The summed E-state index contributed by atoms with van der Waals surface area (Å²) in [5.41, 5.74) is 0.858. The second kappa shape index (κ2) is 4.44. The van der Waals surface area contributed by atoms with E-state index in [9.17, 15) is 4.79 Å². The molecule has 0 bridgehead atoms. The molecule has 1 amide bonds. The summed E-state index contributed by atoms with van der Waals surface area (Å²) in [6.45, 7) is 1.68. The average Bonchev–Trinajstić information content (AvgIpc) is 3.06. The van der Waals surface area contributed by atoms with Crippen molar-refractivity contribution in [2.24, 2.45) is 11.8 Å². The average molecular weight is 269 g/mol. The van der Waals surface area contributed by atoms with Gasteiger partial charge in [0, 0.05) is 18.7 Å². The first-order valence-corrected chi connectivity index (χ1v) is 6.99. The minimum absolute atomic E-state index is 0.102. The van der Waals surface area contributed by atoms with Gasteiger partial charge in [0.05, 0.1) is 0 Å². The molecule has 102 valence electrons. The van der Waals surface area contributed by atoms with Crippen LogP contribution < -0.4 is 0 Å². The summed E-state index contributed by atoms with van der Waals surface area (Å²) < 4.78 is 5.13. The van der Waals surface area contributed by atoms with Gasteiger partial charge in [0.1, 0.15) is 0 Å². The van der Waals surface area contributed by atoms with Crippen LogP contribution in [0.15, 0.2) is 34.9 Å². The Morgan fingerprint density at radius 1 is 1.15 bits per heavy atom. The van der Waals surface area contributed by atoms with Crippen molar-refractivity contribution in [2.45, 2.75) is 12.8 Å². The lowest BCUT2D eigenvalue weighted by molar-refractivity contribution is 0.0738. The van der Waals surface area contributed by atoms with E-state index in [0.717, 1.165) is 18.7 Å². The van der Waals surface area contributed by atoms with Crippen molar-refractivity contribution < 1.29 is 9.32 Å². The molecule has 1 aliphatic carbocycles. The summed E-state index contributed by atoms with van der Waals surface area (Å²) >= 11 is 0. The number of nitrogens with zero attached hydrogens (tertiary/aromatic N) is 3. The van der Waals surface area contributed by atoms with Gasteiger partial charge in [-0.1, -0.05) is 35.5 Å². The largest absolute Gasteiger partial charge is 0.334 e. The number of hydrogen-bond donors (Lipinski definition) is 0. The molecule has 2 fully saturated rings. The van der Waals surface area contributed by atoms with Gasteiger partial charge in [0.15, 0.2) is 0 Å². The van der Waals surface area contributed by atoms with Crippen LogP contribution in [0.25, 0.3) is 11.4 Å². The molecule has 2 heterocycles. The Morgan fingerprint density at radius 2 is 1.85 bits per heavy atom. The summed E-state index contributed by atoms with van der Waals surface area (Å²) in [6.07, 6.45) is 2.49. The van der Waals surface area contributed by atoms with Crippen LogP contribution in [0.1, 0.15) is 23.5 Å². The zero-order valence-electron chi connectivity index (χ0n) is 11.0. The van der Waals surface area contributed by atoms with Crippen LogP contribution >= 0.6 is 0 Å². The van der Waals surface area contributed by atoms with Crippen LogP contribution in [0.5, 0.6) is 0 Å². The summed E-state index contributed by atoms with van der Waals surface area (Å²) in [5, 5.41) is 3.90. The normalized spacial score (nSPS) is 24.3. The number of aromatic nitrogens is 2. The van der Waals surface area contributed by atoms with E-state index in [1.54, 1.807) is 0 Å². The molecule has 2 atom stereocenters. The predicted octanol–water partition coefficient (Wildman–Crippen LogP) is 2.22. The SMILES string of the molecule is O=C(c1nc(-c2ccccc2)no1)N1C[C@H]2CC[C@H]2C1. The van der Waals surface area contributed by atoms with Crippen molar-refractivity contribution in [2.75, 3.05) is 13.1 Å². The molecule has 1 saturated carbocycles. The second-order valence-electron chi connectivity index (χ2n) is 5.60. The third-order valence-corrected chi connectivity index (χ3v) is 4.41. The summed E-state index contributed by atoms with van der Waals surface area (Å²) in [5.74, 6) is 1.82. The Bertz CT molecular complexity index is 626. The van der Waals surface area contributed by atoms with Crippen molar-refractivity contribution in [1.82, 2.24) is 15.0 Å². The molecule has 5 nitrogen and oxygen atoms in total. The third-order valence-electron chi connectivity index (χ3n) is 4.41. The molecule has 1 aliphatic heterocycles. The number of hydrogen-bond acceptors (Lipinski definition) is 4. The van der Waals surface area contributed by atoms with E-state index >= 15 is 0 Å². The first-order valence-electron chi connectivity index (χ1n) is 6.99. The zero-order chi connectivity index (χ0) is 13.5. The molecule has 0 spiro atoms. The molecule has 2 aliphatic rings. The first-order chi connectivity index (χ1) is 9.81. The highest BCUT2D eigenvalue weighted by atomic mass is 16.5. The number of fused-ring (bicyclic) bond motifs is 1. The van der Waals surface area contributed by atoms with Gasteiger partial charge in [-0.05, 0) is 24.7 Å². The fourth-order valence-electron chi connectivity index (χ4n) is 3.08. The van der Waals surface area contributed by atoms with E-state index in [0.29, 0.717) is 17.7 Å². The maximum atomic E-state index is 12.3. The molecule has 4 rings (SSSR count). The minimum atomic E-state index is -0.130. The molecule has 0 radical (unpaired) electrons. The van der Waals surface area contributed by atoms with Crippen LogP contribution in [-0.4, -0.2) is 34.0 Å². The highest BCUT2D eigenvalue weighted by molar-refractivity contribution is 5.90. The van der Waals surface area contributed by atoms with Gasteiger partial charge in [0.2, 0.25) is 5.82 Å². The minimum Gasteiger partial charge on any atom is -0.334 e. The molecule has 1 saturated heterocycles. The maximum Gasteiger partial charge on any atom is 0.316 e. The van der Waals surface area contributed by atoms with Crippen molar-refractivity contribution in [1.29, 1.82) is 0 Å². The Labute approximate surface area is 116 Å². The van der Waals surface area contributed by atoms with E-state index in [-0.39, 0.29) is 11.8 Å². The number of carbonyl (C=O) groups is 1. The molecular weight excluding hydrogens is 254 g/mol. The van der Waals surface area contributed by atoms with Crippen LogP contribution in [0.3, 0.4) is 0 Å². The topological polar surface area (TPSA) is 59.2 Å². The second-order valence-corrected chi connectivity index (χ2v) is 5.60. The van der Waals surface area contributed by atoms with Crippen LogP contribution in [0.4, 0.5) is 0 Å². The highest BCUT2D eigenvalue weighted by Gasteiger charge is 2.42. The Balaban J connectivity index is 1.54. The summed E-state index contributed by atoms with van der Waals surface area (Å²) in [6, 6.07) is 9.54. The number of likely N-dealkylation sites (tertiary alicyclic amines) is 1. The lowest BCUT2D eigenvalue weighted by Gasteiger charge is -2.27. The number of carbonyl (C=O) groups excluding carboxylic acids is 1. The molecule has 2 aromatic rings. The zero-order valence-corrected chi connectivity index (χ0v) is 11.0. The van der Waals surface area contributed by atoms with Crippen molar-refractivity contribution in [3.8, 4) is 11.4 Å². The van der Waals surface area contributed by atoms with Gasteiger partial charge in [-0.25, -0.2) is 0 Å². The van der Waals surface area contributed by atoms with Crippen LogP contribution in [-0.2, 0) is 0 Å². The molecule has 20 heavy (non-hydrogen) atoms. The van der Waals surface area contributed by atoms with E-state index in [4.69, 9.17) is 4.52 Å². The van der Waals surface area contributed by atoms with E-state index in [2.05, 4.69) is 10.1 Å². The predicted molar refractivity (Wildman–Crippen MR) is 71.9 cm³/mol. The van der Waals surface area contributed by atoms with Gasteiger partial charge in [-0.15, -0.1) is 0 Å². The van der Waals surface area contributed by atoms with Gasteiger partial charge >= 0.3 is 11.8 Å². The molecule has 0 N–H and O–H groups in total. The Kier molecular flexibility index (Phi) is 2.58. The van der Waals surface area contributed by atoms with Gasteiger partial charge in [0.25, 0.3) is 0 Å². The highest BCUT2D eigenvalue weighted by Crippen LogP contribution is 2.40. The number of rotatable bonds is 2. The third kappa shape index (κ3) is 1.81. The Hall–Kier alpha value is -2.17.